The summed E-state index contributed by atoms with van der Waals surface area (Å²) in [7, 11) is 1.88. The van der Waals surface area contributed by atoms with Crippen LogP contribution in [0.4, 0.5) is 28.8 Å². The maximum Gasteiger partial charge on any atom is 0.235 e. The highest BCUT2D eigenvalue weighted by atomic mass is 35.5. The summed E-state index contributed by atoms with van der Waals surface area (Å²) in [5.41, 5.74) is 5.39. The van der Waals surface area contributed by atoms with Gasteiger partial charge in [-0.15, -0.1) is 0 Å². The highest BCUT2D eigenvalue weighted by Crippen LogP contribution is 2.35. The van der Waals surface area contributed by atoms with Crippen molar-refractivity contribution in [1.29, 1.82) is 0 Å². The number of aryl methyl sites for hydroxylation is 1. The molecule has 4 aliphatic rings. The Bertz CT molecular complexity index is 2030. The summed E-state index contributed by atoms with van der Waals surface area (Å²) >= 11 is 6.59. The molecule has 2 aromatic heterocycles. The third-order valence-corrected chi connectivity index (χ3v) is 11.0. The lowest BCUT2D eigenvalue weighted by Gasteiger charge is -2.37. The molecule has 272 valence electrons. The van der Waals surface area contributed by atoms with Crippen molar-refractivity contribution < 1.29 is 19.1 Å². The average Bonchev–Trinajstić information content (AvgIpc) is 3.63. The average molecular weight is 727 g/mol. The molecule has 3 saturated heterocycles. The van der Waals surface area contributed by atoms with Gasteiger partial charge in [-0.3, -0.25) is 29.3 Å². The predicted molar refractivity (Wildman–Crippen MR) is 199 cm³/mol. The lowest BCUT2D eigenvalue weighted by Crippen LogP contribution is -2.46. The number of nitrogens with one attached hydrogen (secondary N) is 3. The number of rotatable bonds is 9. The molecule has 15 heteroatoms. The van der Waals surface area contributed by atoms with Crippen molar-refractivity contribution in [1.82, 2.24) is 30.0 Å². The first-order valence-corrected chi connectivity index (χ1v) is 18.4. The van der Waals surface area contributed by atoms with E-state index in [0.717, 1.165) is 85.9 Å². The SMILES string of the molecule is C[C@@H]1CN(c2ncc(Cl)c(Nc3ccc4c(c3)CC(=O)N4CCN3CCOCC3)n2)CC[C@H]1Nc1ccc2c([C@H]3CCC(=O)NC3=O)nn(C)c2c1. The zero-order chi connectivity index (χ0) is 35.9. The van der Waals surface area contributed by atoms with Crippen LogP contribution in [0.15, 0.2) is 42.6 Å². The second-order valence-corrected chi connectivity index (χ2v) is 14.6. The zero-order valence-electron chi connectivity index (χ0n) is 29.4. The number of carbonyl (C=O) groups excluding carboxylic acids is 3. The van der Waals surface area contributed by atoms with Crippen molar-refractivity contribution in [3.05, 3.63) is 58.9 Å². The predicted octanol–water partition coefficient (Wildman–Crippen LogP) is 3.83. The molecule has 4 aromatic rings. The van der Waals surface area contributed by atoms with Crippen molar-refractivity contribution in [2.45, 2.75) is 44.6 Å². The van der Waals surface area contributed by atoms with Crippen LogP contribution in [-0.4, -0.2) is 101 Å². The Morgan fingerprint density at radius 2 is 1.85 bits per heavy atom. The second kappa shape index (κ2) is 14.3. The van der Waals surface area contributed by atoms with E-state index in [0.29, 0.717) is 48.3 Å². The lowest BCUT2D eigenvalue weighted by atomic mass is 9.92. The van der Waals surface area contributed by atoms with Crippen LogP contribution in [0.5, 0.6) is 0 Å². The largest absolute Gasteiger partial charge is 0.382 e. The number of carbonyl (C=O) groups is 3. The standard InChI is InChI=1S/C37H43ClN10O4/c1-22-21-47(10-9-29(22)40-25-3-5-26-31(19-25)45(2)44-34(26)27-6-8-32(49)42-36(27)51)37-39-20-28(38)35(43-37)41-24-4-7-30-23(17-24)18-33(50)48(30)12-11-46-13-15-52-16-14-46/h3-5,7,17,19-20,22,27,29,40H,6,8-16,18,21H2,1-2H3,(H,39,41,43)(H,42,49,51)/t22-,27-,29-/m1/s1. The van der Waals surface area contributed by atoms with E-state index >= 15 is 0 Å². The number of halogens is 1. The zero-order valence-corrected chi connectivity index (χ0v) is 30.2. The van der Waals surface area contributed by atoms with Gasteiger partial charge in [0.05, 0.1) is 43.0 Å². The van der Waals surface area contributed by atoms with Gasteiger partial charge in [-0.2, -0.15) is 10.1 Å². The first-order chi connectivity index (χ1) is 25.2. The third-order valence-electron chi connectivity index (χ3n) is 10.7. The minimum Gasteiger partial charge on any atom is -0.382 e. The van der Waals surface area contributed by atoms with Crippen LogP contribution in [-0.2, 0) is 32.6 Å². The van der Waals surface area contributed by atoms with E-state index in [9.17, 15) is 14.4 Å². The Labute approximate surface area is 306 Å². The number of hydrogen-bond acceptors (Lipinski definition) is 11. The molecule has 4 aliphatic heterocycles. The Morgan fingerprint density at radius 1 is 1.02 bits per heavy atom. The molecule has 6 heterocycles. The summed E-state index contributed by atoms with van der Waals surface area (Å²) in [5, 5.41) is 15.6. The first kappa shape index (κ1) is 34.3. The number of piperidine rings is 2. The number of nitrogens with zero attached hydrogens (tertiary/aromatic N) is 7. The molecular formula is C37H43ClN10O4. The molecule has 3 atom stereocenters. The van der Waals surface area contributed by atoms with Gasteiger partial charge in [-0.05, 0) is 60.7 Å². The number of benzene rings is 2. The molecule has 0 unspecified atom stereocenters. The molecule has 2 aromatic carbocycles. The molecule has 0 bridgehead atoms. The van der Waals surface area contributed by atoms with E-state index in [-0.39, 0.29) is 29.7 Å². The van der Waals surface area contributed by atoms with Gasteiger partial charge < -0.3 is 25.2 Å². The fourth-order valence-corrected chi connectivity index (χ4v) is 7.99. The number of anilines is 5. The van der Waals surface area contributed by atoms with E-state index < -0.39 is 5.92 Å². The molecule has 52 heavy (non-hydrogen) atoms. The van der Waals surface area contributed by atoms with E-state index in [1.165, 1.54) is 0 Å². The van der Waals surface area contributed by atoms with Gasteiger partial charge in [-0.25, -0.2) is 4.98 Å². The van der Waals surface area contributed by atoms with E-state index in [1.807, 2.05) is 42.3 Å². The fraction of sp³-hybridized carbons (Fsp3) is 0.459. The number of hydrogen-bond donors (Lipinski definition) is 3. The van der Waals surface area contributed by atoms with Gasteiger partial charge in [0, 0.05) is 81.2 Å². The van der Waals surface area contributed by atoms with E-state index in [2.05, 4.69) is 48.8 Å². The van der Waals surface area contributed by atoms with Gasteiger partial charge in [-0.1, -0.05) is 18.5 Å². The monoisotopic (exact) mass is 726 g/mol. The third kappa shape index (κ3) is 6.89. The molecule has 3 fully saturated rings. The van der Waals surface area contributed by atoms with Gasteiger partial charge in [0.15, 0.2) is 5.82 Å². The van der Waals surface area contributed by atoms with Crippen LogP contribution in [0.2, 0.25) is 5.02 Å². The van der Waals surface area contributed by atoms with Crippen molar-refractivity contribution in [3.63, 3.8) is 0 Å². The Balaban J connectivity index is 0.902. The normalized spacial score (nSPS) is 22.5. The number of amides is 3. The summed E-state index contributed by atoms with van der Waals surface area (Å²) in [6.45, 7) is 8.51. The minimum absolute atomic E-state index is 0.117. The Hall–Kier alpha value is -4.79. The van der Waals surface area contributed by atoms with Crippen LogP contribution < -0.4 is 25.8 Å². The molecule has 3 amide bonds. The van der Waals surface area contributed by atoms with Crippen LogP contribution in [0.3, 0.4) is 0 Å². The summed E-state index contributed by atoms with van der Waals surface area (Å²) in [6.07, 6.45) is 3.67. The highest BCUT2D eigenvalue weighted by molar-refractivity contribution is 6.33. The van der Waals surface area contributed by atoms with Gasteiger partial charge in [0.1, 0.15) is 5.02 Å². The molecule has 0 aliphatic carbocycles. The molecule has 3 N–H and O–H groups in total. The molecule has 0 spiro atoms. The van der Waals surface area contributed by atoms with Crippen LogP contribution >= 0.6 is 11.6 Å². The Morgan fingerprint density at radius 3 is 2.65 bits per heavy atom. The van der Waals surface area contributed by atoms with Gasteiger partial charge >= 0.3 is 0 Å². The molecular weight excluding hydrogens is 684 g/mol. The Kier molecular flexibility index (Phi) is 9.45. The number of ether oxygens (including phenoxy) is 1. The molecule has 0 radical (unpaired) electrons. The van der Waals surface area contributed by atoms with Crippen molar-refractivity contribution in [2.75, 3.05) is 72.9 Å². The van der Waals surface area contributed by atoms with Crippen LogP contribution in [0.1, 0.15) is 43.4 Å². The number of aromatic nitrogens is 4. The van der Waals surface area contributed by atoms with Crippen molar-refractivity contribution >= 4 is 69.1 Å². The summed E-state index contributed by atoms with van der Waals surface area (Å²) in [5.74, 6) is 0.586. The number of imide groups is 1. The second-order valence-electron chi connectivity index (χ2n) is 14.2. The highest BCUT2D eigenvalue weighted by Gasteiger charge is 2.33. The quantitative estimate of drug-likeness (QED) is 0.216. The maximum absolute atomic E-state index is 12.9. The lowest BCUT2D eigenvalue weighted by molar-refractivity contribution is -0.134. The molecule has 8 rings (SSSR count). The van der Waals surface area contributed by atoms with Crippen molar-refractivity contribution in [3.8, 4) is 0 Å². The van der Waals surface area contributed by atoms with Crippen LogP contribution in [0.25, 0.3) is 10.9 Å². The van der Waals surface area contributed by atoms with Gasteiger partial charge in [0.25, 0.3) is 0 Å². The topological polar surface area (TPSA) is 150 Å². The minimum atomic E-state index is -0.434. The first-order valence-electron chi connectivity index (χ1n) is 18.0. The smallest absolute Gasteiger partial charge is 0.235 e. The number of fused-ring (bicyclic) bond motifs is 2. The van der Waals surface area contributed by atoms with Crippen molar-refractivity contribution in [2.24, 2.45) is 13.0 Å². The van der Waals surface area contributed by atoms with E-state index in [4.69, 9.17) is 21.3 Å². The maximum atomic E-state index is 12.9. The fourth-order valence-electron chi connectivity index (χ4n) is 7.85. The summed E-state index contributed by atoms with van der Waals surface area (Å²) in [4.78, 5) is 53.0. The summed E-state index contributed by atoms with van der Waals surface area (Å²) in [6, 6.07) is 12.3. The van der Waals surface area contributed by atoms with Crippen LogP contribution in [0, 0.1) is 5.92 Å². The molecule has 14 nitrogen and oxygen atoms in total. The number of morpholine rings is 1. The van der Waals surface area contributed by atoms with E-state index in [1.54, 1.807) is 10.9 Å². The summed E-state index contributed by atoms with van der Waals surface area (Å²) < 4.78 is 7.26. The van der Waals surface area contributed by atoms with Gasteiger partial charge in [0.2, 0.25) is 23.7 Å². The molecule has 0 saturated carbocycles.